The van der Waals surface area contributed by atoms with Crippen LogP contribution in [0, 0.1) is 0 Å². The van der Waals surface area contributed by atoms with E-state index in [0.29, 0.717) is 26.2 Å². The third-order valence-electron chi connectivity index (χ3n) is 4.37. The van der Waals surface area contributed by atoms with Crippen LogP contribution in [0.15, 0.2) is 23.1 Å². The fraction of sp³-hybridized carbons (Fsp3) is 0.529. The number of rotatable bonds is 1. The zero-order valence-electron chi connectivity index (χ0n) is 13.4. The maximum absolute atomic E-state index is 12.8. The molecule has 0 unspecified atom stereocenters. The number of methoxy groups -OCH3 is 1. The molecule has 0 aromatic heterocycles. The second kappa shape index (κ2) is 7.25. The lowest BCUT2D eigenvalue weighted by atomic mass is 10.1. The number of hydrogen-bond acceptors (Lipinski definition) is 4. The van der Waals surface area contributed by atoms with E-state index in [1.807, 2.05) is 28.8 Å². The van der Waals surface area contributed by atoms with Gasteiger partial charge < -0.3 is 14.5 Å². The molecule has 2 heterocycles. The summed E-state index contributed by atoms with van der Waals surface area (Å²) in [7, 11) is 1.39. The van der Waals surface area contributed by atoms with E-state index in [1.165, 1.54) is 24.0 Å². The van der Waals surface area contributed by atoms with Crippen molar-refractivity contribution >= 4 is 23.8 Å². The summed E-state index contributed by atoms with van der Waals surface area (Å²) in [4.78, 5) is 29.2. The monoisotopic (exact) mass is 334 g/mol. The Balaban J connectivity index is 1.69. The lowest BCUT2D eigenvalue weighted by Crippen LogP contribution is -2.37. The Morgan fingerprint density at radius 2 is 1.87 bits per heavy atom. The first-order valence-corrected chi connectivity index (χ1v) is 9.05. The van der Waals surface area contributed by atoms with Crippen LogP contribution < -0.4 is 0 Å². The third kappa shape index (κ3) is 3.63. The van der Waals surface area contributed by atoms with Gasteiger partial charge in [0.15, 0.2) is 0 Å². The highest BCUT2D eigenvalue weighted by Gasteiger charge is 2.23. The number of aryl methyl sites for hydroxylation is 1. The summed E-state index contributed by atoms with van der Waals surface area (Å²) in [6, 6.07) is 6.06. The Bertz CT molecular complexity index is 606. The Morgan fingerprint density at radius 1 is 1.09 bits per heavy atom. The predicted octanol–water partition coefficient (Wildman–Crippen LogP) is 2.64. The first-order chi connectivity index (χ1) is 11.2. The third-order valence-corrected chi connectivity index (χ3v) is 5.57. The molecule has 0 aliphatic carbocycles. The van der Waals surface area contributed by atoms with E-state index in [9.17, 15) is 9.59 Å². The van der Waals surface area contributed by atoms with Crippen molar-refractivity contribution in [2.75, 3.05) is 39.0 Å². The van der Waals surface area contributed by atoms with Gasteiger partial charge in [0.25, 0.3) is 5.91 Å². The Hall–Kier alpha value is -1.69. The van der Waals surface area contributed by atoms with Crippen molar-refractivity contribution in [3.8, 4) is 0 Å². The van der Waals surface area contributed by atoms with Gasteiger partial charge in [0, 0.05) is 36.6 Å². The molecule has 0 radical (unpaired) electrons. The van der Waals surface area contributed by atoms with Crippen LogP contribution in [0.3, 0.4) is 0 Å². The maximum atomic E-state index is 12.8. The standard InChI is InChI=1S/C17H22N2O3S/c1-22-17(21)19-8-3-7-18(9-10-19)16(20)14-5-6-15-13(12-14)4-2-11-23-15/h5-6,12H,2-4,7-11H2,1H3. The summed E-state index contributed by atoms with van der Waals surface area (Å²) < 4.78 is 4.77. The average molecular weight is 334 g/mol. The first-order valence-electron chi connectivity index (χ1n) is 8.07. The van der Waals surface area contributed by atoms with E-state index in [0.717, 1.165) is 24.2 Å². The van der Waals surface area contributed by atoms with Gasteiger partial charge in [0.1, 0.15) is 0 Å². The molecule has 2 aliphatic heterocycles. The van der Waals surface area contributed by atoms with E-state index in [-0.39, 0.29) is 12.0 Å². The maximum Gasteiger partial charge on any atom is 0.409 e. The first kappa shape index (κ1) is 16.2. The number of carbonyl (C=O) groups excluding carboxylic acids is 2. The van der Waals surface area contributed by atoms with Gasteiger partial charge >= 0.3 is 6.09 Å². The molecule has 1 saturated heterocycles. The molecule has 2 aliphatic rings. The molecule has 0 bridgehead atoms. The summed E-state index contributed by atoms with van der Waals surface area (Å²) in [5.74, 6) is 1.23. The molecule has 23 heavy (non-hydrogen) atoms. The molecule has 124 valence electrons. The lowest BCUT2D eigenvalue weighted by molar-refractivity contribution is 0.0757. The van der Waals surface area contributed by atoms with Gasteiger partial charge in [-0.05, 0) is 48.8 Å². The van der Waals surface area contributed by atoms with Crippen LogP contribution in [0.4, 0.5) is 4.79 Å². The molecule has 3 rings (SSSR count). The summed E-state index contributed by atoms with van der Waals surface area (Å²) in [6.45, 7) is 2.40. The number of amides is 2. The summed E-state index contributed by atoms with van der Waals surface area (Å²) in [5.41, 5.74) is 2.05. The number of carbonyl (C=O) groups is 2. The van der Waals surface area contributed by atoms with Crippen molar-refractivity contribution in [3.63, 3.8) is 0 Å². The topological polar surface area (TPSA) is 49.9 Å². The van der Waals surface area contributed by atoms with Crippen molar-refractivity contribution in [2.45, 2.75) is 24.2 Å². The molecule has 5 nitrogen and oxygen atoms in total. The highest BCUT2D eigenvalue weighted by atomic mass is 32.2. The molecule has 2 amide bonds. The van der Waals surface area contributed by atoms with Crippen molar-refractivity contribution in [3.05, 3.63) is 29.3 Å². The fourth-order valence-electron chi connectivity index (χ4n) is 3.11. The van der Waals surface area contributed by atoms with E-state index >= 15 is 0 Å². The van der Waals surface area contributed by atoms with Crippen LogP contribution in [0.2, 0.25) is 0 Å². The van der Waals surface area contributed by atoms with Gasteiger partial charge in [0.05, 0.1) is 7.11 Å². The van der Waals surface area contributed by atoms with Gasteiger partial charge in [-0.1, -0.05) is 0 Å². The normalized spacial score (nSPS) is 18.1. The summed E-state index contributed by atoms with van der Waals surface area (Å²) in [5, 5.41) is 0. The zero-order chi connectivity index (χ0) is 16.2. The van der Waals surface area contributed by atoms with Crippen LogP contribution in [0.5, 0.6) is 0 Å². The molecular weight excluding hydrogens is 312 g/mol. The smallest absolute Gasteiger partial charge is 0.409 e. The van der Waals surface area contributed by atoms with Crippen molar-refractivity contribution in [1.82, 2.24) is 9.80 Å². The number of ether oxygens (including phenoxy) is 1. The SMILES string of the molecule is COC(=O)N1CCCN(C(=O)c2ccc3c(c2)CCCS3)CC1. The molecule has 1 fully saturated rings. The van der Waals surface area contributed by atoms with Crippen LogP contribution in [0.25, 0.3) is 0 Å². The van der Waals surface area contributed by atoms with Gasteiger partial charge in [0.2, 0.25) is 0 Å². The largest absolute Gasteiger partial charge is 0.453 e. The Kier molecular flexibility index (Phi) is 5.10. The average Bonchev–Trinajstić information content (AvgIpc) is 2.86. The van der Waals surface area contributed by atoms with Crippen molar-refractivity contribution < 1.29 is 14.3 Å². The van der Waals surface area contributed by atoms with Crippen molar-refractivity contribution in [1.29, 1.82) is 0 Å². The number of fused-ring (bicyclic) bond motifs is 1. The summed E-state index contributed by atoms with van der Waals surface area (Å²) in [6.07, 6.45) is 2.69. The molecule has 0 N–H and O–H groups in total. The minimum Gasteiger partial charge on any atom is -0.453 e. The van der Waals surface area contributed by atoms with Crippen LogP contribution in [0.1, 0.15) is 28.8 Å². The van der Waals surface area contributed by atoms with E-state index in [1.54, 1.807) is 4.90 Å². The summed E-state index contributed by atoms with van der Waals surface area (Å²) >= 11 is 1.87. The van der Waals surface area contributed by atoms with Crippen molar-refractivity contribution in [2.24, 2.45) is 0 Å². The van der Waals surface area contributed by atoms with Gasteiger partial charge in [-0.25, -0.2) is 4.79 Å². The van der Waals surface area contributed by atoms with E-state index < -0.39 is 0 Å². The lowest BCUT2D eigenvalue weighted by Gasteiger charge is -2.22. The van der Waals surface area contributed by atoms with Gasteiger partial charge in [-0.3, -0.25) is 4.79 Å². The highest BCUT2D eigenvalue weighted by molar-refractivity contribution is 7.99. The second-order valence-electron chi connectivity index (χ2n) is 5.88. The molecule has 0 spiro atoms. The number of benzene rings is 1. The van der Waals surface area contributed by atoms with Crippen LogP contribution >= 0.6 is 11.8 Å². The van der Waals surface area contributed by atoms with E-state index in [4.69, 9.17) is 4.74 Å². The number of thioether (sulfide) groups is 1. The fourth-order valence-corrected chi connectivity index (χ4v) is 4.13. The van der Waals surface area contributed by atoms with Crippen LogP contribution in [-0.2, 0) is 11.2 Å². The predicted molar refractivity (Wildman–Crippen MR) is 90.0 cm³/mol. The highest BCUT2D eigenvalue weighted by Crippen LogP contribution is 2.30. The quantitative estimate of drug-likeness (QED) is 0.792. The van der Waals surface area contributed by atoms with E-state index in [2.05, 4.69) is 6.07 Å². The number of hydrogen-bond donors (Lipinski definition) is 0. The minimum atomic E-state index is -0.315. The minimum absolute atomic E-state index is 0.0649. The Labute approximate surface area is 141 Å². The second-order valence-corrected chi connectivity index (χ2v) is 7.01. The molecule has 6 heteroatoms. The molecule has 1 aromatic rings. The molecule has 1 aromatic carbocycles. The number of nitrogens with zero attached hydrogens (tertiary/aromatic N) is 2. The Morgan fingerprint density at radius 3 is 2.70 bits per heavy atom. The zero-order valence-corrected chi connectivity index (χ0v) is 14.2. The molecular formula is C17H22N2O3S. The van der Waals surface area contributed by atoms with Crippen LogP contribution in [-0.4, -0.2) is 60.8 Å². The van der Waals surface area contributed by atoms with Gasteiger partial charge in [-0.2, -0.15) is 0 Å². The molecule has 0 atom stereocenters. The van der Waals surface area contributed by atoms with Gasteiger partial charge in [-0.15, -0.1) is 11.8 Å². The molecule has 0 saturated carbocycles.